The number of nitrogens with zero attached hydrogens (tertiary/aromatic N) is 3. The van der Waals surface area contributed by atoms with Crippen molar-refractivity contribution in [1.29, 1.82) is 0 Å². The molecule has 3 rings (SSSR count). The number of fused-ring (bicyclic) bond motifs is 1. The van der Waals surface area contributed by atoms with Gasteiger partial charge in [-0.15, -0.1) is 0 Å². The Kier molecular flexibility index (Phi) is 7.65. The predicted molar refractivity (Wildman–Crippen MR) is 119 cm³/mol. The van der Waals surface area contributed by atoms with Crippen LogP contribution >= 0.6 is 23.2 Å². The van der Waals surface area contributed by atoms with Crippen molar-refractivity contribution < 1.29 is 9.29 Å². The van der Waals surface area contributed by atoms with Crippen LogP contribution in [0.15, 0.2) is 29.3 Å². The van der Waals surface area contributed by atoms with Gasteiger partial charge in [0.25, 0.3) is 0 Å². The molecule has 9 heteroatoms. The second-order valence-electron chi connectivity index (χ2n) is 6.78. The molecular weight excluding hydrogens is 431 g/mol. The summed E-state index contributed by atoms with van der Waals surface area (Å²) >= 11 is 10.9. The third-order valence-electron chi connectivity index (χ3n) is 4.69. The Morgan fingerprint density at radius 3 is 2.79 bits per heavy atom. The fourth-order valence-electron chi connectivity index (χ4n) is 3.26. The summed E-state index contributed by atoms with van der Waals surface area (Å²) in [6.07, 6.45) is 4.10. The fraction of sp³-hybridized carbons (Fsp3) is 0.400. The van der Waals surface area contributed by atoms with E-state index < -0.39 is 11.2 Å². The first-order chi connectivity index (χ1) is 13.9. The molecule has 0 fully saturated rings. The number of hydrogen-bond acceptors (Lipinski definition) is 5. The zero-order valence-corrected chi connectivity index (χ0v) is 18.8. The Bertz CT molecular complexity index is 996. The molecule has 0 spiro atoms. The Morgan fingerprint density at radius 2 is 2.07 bits per heavy atom. The Morgan fingerprint density at radius 1 is 1.28 bits per heavy atom. The first kappa shape index (κ1) is 22.2. The summed E-state index contributed by atoms with van der Waals surface area (Å²) in [7, 11) is 1.67. The monoisotopic (exact) mass is 454 g/mol. The molecule has 0 amide bonds. The third kappa shape index (κ3) is 5.16. The number of aryl methyl sites for hydroxylation is 2. The lowest BCUT2D eigenvalue weighted by Gasteiger charge is -2.13. The molecule has 0 radical (unpaired) electrons. The van der Waals surface area contributed by atoms with Crippen LogP contribution < -0.4 is 5.73 Å². The predicted octanol–water partition coefficient (Wildman–Crippen LogP) is 4.41. The van der Waals surface area contributed by atoms with Crippen molar-refractivity contribution in [1.82, 2.24) is 14.5 Å². The van der Waals surface area contributed by atoms with Crippen molar-refractivity contribution in [2.24, 2.45) is 0 Å². The lowest BCUT2D eigenvalue weighted by atomic mass is 10.2. The number of halogens is 2. The second-order valence-corrected chi connectivity index (χ2v) is 9.16. The van der Waals surface area contributed by atoms with E-state index in [-0.39, 0.29) is 0 Å². The van der Waals surface area contributed by atoms with E-state index in [9.17, 15) is 4.55 Å². The second kappa shape index (κ2) is 10.00. The number of rotatable bonds is 9. The summed E-state index contributed by atoms with van der Waals surface area (Å²) in [5.74, 6) is 1.89. The number of anilines is 1. The SMILES string of the molecule is COCCc1nc2c(N)ncc(C)c2n1CCCC[S+]([O-])c1ccc(Cl)cc1Cl. The number of imidazole rings is 1. The molecule has 2 N–H and O–H groups in total. The first-order valence-electron chi connectivity index (χ1n) is 9.35. The highest BCUT2D eigenvalue weighted by atomic mass is 35.5. The Labute approximate surface area is 183 Å². The van der Waals surface area contributed by atoms with Crippen LogP contribution in [0.1, 0.15) is 24.2 Å². The minimum Gasteiger partial charge on any atom is -0.611 e. The smallest absolute Gasteiger partial charge is 0.171 e. The highest BCUT2D eigenvalue weighted by Gasteiger charge is 2.18. The van der Waals surface area contributed by atoms with Crippen LogP contribution in [0.3, 0.4) is 0 Å². The zero-order valence-electron chi connectivity index (χ0n) is 16.5. The third-order valence-corrected chi connectivity index (χ3v) is 6.86. The molecule has 0 bridgehead atoms. The number of hydrogen-bond donors (Lipinski definition) is 1. The number of pyridine rings is 1. The summed E-state index contributed by atoms with van der Waals surface area (Å²) in [4.78, 5) is 9.54. The summed E-state index contributed by atoms with van der Waals surface area (Å²) in [5, 5.41) is 0.979. The molecule has 0 aliphatic heterocycles. The maximum atomic E-state index is 12.6. The van der Waals surface area contributed by atoms with Crippen molar-refractivity contribution >= 4 is 51.2 Å². The highest BCUT2D eigenvalue weighted by molar-refractivity contribution is 7.91. The van der Waals surface area contributed by atoms with Gasteiger partial charge in [-0.3, -0.25) is 0 Å². The molecule has 0 aliphatic carbocycles. The van der Waals surface area contributed by atoms with Gasteiger partial charge in [-0.05, 0) is 54.7 Å². The summed E-state index contributed by atoms with van der Waals surface area (Å²) in [5.41, 5.74) is 8.80. The van der Waals surface area contributed by atoms with Gasteiger partial charge in [-0.25, -0.2) is 9.97 Å². The standard InChI is InChI=1S/C20H24Cl2N4O2S/c1-13-12-24-20(23)18-19(13)26(17(25-18)7-9-28-2)8-3-4-10-29(27)16-6-5-14(21)11-15(16)22/h5-6,11-12H,3-4,7-10H2,1-2H3,(H2,23,24). The largest absolute Gasteiger partial charge is 0.611 e. The summed E-state index contributed by atoms with van der Waals surface area (Å²) in [6, 6.07) is 5.06. The van der Waals surface area contributed by atoms with Crippen LogP contribution in [0.25, 0.3) is 11.0 Å². The summed E-state index contributed by atoms with van der Waals surface area (Å²) < 4.78 is 20.0. The van der Waals surface area contributed by atoms with Crippen molar-refractivity contribution in [3.63, 3.8) is 0 Å². The quantitative estimate of drug-likeness (QED) is 0.382. The van der Waals surface area contributed by atoms with Gasteiger partial charge in [-0.2, -0.15) is 0 Å². The number of methoxy groups -OCH3 is 1. The number of ether oxygens (including phenoxy) is 1. The van der Waals surface area contributed by atoms with Gasteiger partial charge in [0.1, 0.15) is 17.1 Å². The number of unbranched alkanes of at least 4 members (excludes halogenated alkanes) is 1. The molecule has 156 valence electrons. The molecule has 2 heterocycles. The molecule has 2 aromatic heterocycles. The number of aromatic nitrogens is 3. The Hall–Kier alpha value is -1.51. The van der Waals surface area contributed by atoms with Crippen LogP contribution in [-0.2, 0) is 28.9 Å². The van der Waals surface area contributed by atoms with E-state index in [0.717, 1.165) is 41.8 Å². The van der Waals surface area contributed by atoms with Crippen LogP contribution in [0.2, 0.25) is 10.0 Å². The molecular formula is C20H24Cl2N4O2S. The van der Waals surface area contributed by atoms with Crippen molar-refractivity contribution in [3.05, 3.63) is 45.8 Å². The molecule has 0 aliphatic rings. The fourth-order valence-corrected chi connectivity index (χ4v) is 5.11. The molecule has 0 saturated heterocycles. The van der Waals surface area contributed by atoms with Crippen LogP contribution in [0.5, 0.6) is 0 Å². The van der Waals surface area contributed by atoms with Gasteiger partial charge in [0, 0.05) is 31.3 Å². The van der Waals surface area contributed by atoms with Crippen molar-refractivity contribution in [3.8, 4) is 0 Å². The van der Waals surface area contributed by atoms with Gasteiger partial charge < -0.3 is 19.6 Å². The highest BCUT2D eigenvalue weighted by Crippen LogP contribution is 2.27. The molecule has 1 unspecified atom stereocenters. The number of benzene rings is 1. The van der Waals surface area contributed by atoms with Gasteiger partial charge in [0.2, 0.25) is 0 Å². The van der Waals surface area contributed by atoms with Crippen LogP contribution in [0, 0.1) is 6.92 Å². The maximum Gasteiger partial charge on any atom is 0.171 e. The Balaban J connectivity index is 1.70. The van der Waals surface area contributed by atoms with Gasteiger partial charge >= 0.3 is 0 Å². The normalized spacial score (nSPS) is 12.6. The van der Waals surface area contributed by atoms with E-state index in [1.54, 1.807) is 31.5 Å². The van der Waals surface area contributed by atoms with E-state index in [2.05, 4.69) is 9.55 Å². The average Bonchev–Trinajstić information content (AvgIpc) is 3.06. The van der Waals surface area contributed by atoms with E-state index in [0.29, 0.717) is 39.5 Å². The van der Waals surface area contributed by atoms with E-state index in [1.807, 2.05) is 6.92 Å². The van der Waals surface area contributed by atoms with E-state index >= 15 is 0 Å². The maximum absolute atomic E-state index is 12.6. The molecule has 6 nitrogen and oxygen atoms in total. The van der Waals surface area contributed by atoms with E-state index in [4.69, 9.17) is 38.7 Å². The number of nitrogens with two attached hydrogens (primary N) is 1. The number of nitrogen functional groups attached to an aromatic ring is 1. The van der Waals surface area contributed by atoms with Gasteiger partial charge in [0.15, 0.2) is 10.7 Å². The topological polar surface area (TPSA) is 89.0 Å². The van der Waals surface area contributed by atoms with Crippen molar-refractivity contribution in [2.75, 3.05) is 25.2 Å². The van der Waals surface area contributed by atoms with Crippen LogP contribution in [-0.4, -0.2) is 38.6 Å². The minimum atomic E-state index is -1.16. The van der Waals surface area contributed by atoms with Crippen LogP contribution in [0.4, 0.5) is 5.82 Å². The van der Waals surface area contributed by atoms with E-state index in [1.165, 1.54) is 0 Å². The van der Waals surface area contributed by atoms with Gasteiger partial charge in [0.05, 0.1) is 17.1 Å². The van der Waals surface area contributed by atoms with Gasteiger partial charge in [-0.1, -0.05) is 23.2 Å². The minimum absolute atomic E-state index is 0.432. The molecule has 1 aromatic carbocycles. The lowest BCUT2D eigenvalue weighted by molar-refractivity contribution is 0.199. The average molecular weight is 455 g/mol. The summed E-state index contributed by atoms with van der Waals surface area (Å²) in [6.45, 7) is 3.34. The lowest BCUT2D eigenvalue weighted by Crippen LogP contribution is -2.11. The molecule has 0 saturated carbocycles. The molecule has 1 atom stereocenters. The zero-order chi connectivity index (χ0) is 21.0. The van der Waals surface area contributed by atoms with Crippen molar-refractivity contribution in [2.45, 2.75) is 37.6 Å². The molecule has 29 heavy (non-hydrogen) atoms. The first-order valence-corrected chi connectivity index (χ1v) is 11.4. The molecule has 3 aromatic rings.